The van der Waals surface area contributed by atoms with Crippen molar-refractivity contribution in [2.45, 2.75) is 0 Å². The van der Waals surface area contributed by atoms with Crippen LogP contribution in [-0.2, 0) is 7.05 Å². The van der Waals surface area contributed by atoms with Crippen LogP contribution in [0, 0.1) is 0 Å². The first-order valence-corrected chi connectivity index (χ1v) is 6.81. The zero-order valence-electron chi connectivity index (χ0n) is 10.2. The van der Waals surface area contributed by atoms with Crippen LogP contribution in [0.3, 0.4) is 0 Å². The van der Waals surface area contributed by atoms with Crippen molar-refractivity contribution in [1.82, 2.24) is 0 Å². The molecule has 88 valence electrons. The zero-order valence-corrected chi connectivity index (χ0v) is 11.0. The van der Waals surface area contributed by atoms with Crippen LogP contribution in [0.25, 0.3) is 23.1 Å². The molecule has 1 aromatic carbocycles. The van der Waals surface area contributed by atoms with E-state index in [2.05, 4.69) is 77.8 Å². The van der Waals surface area contributed by atoms with Crippen molar-refractivity contribution in [3.05, 3.63) is 64.5 Å². The van der Waals surface area contributed by atoms with Crippen LogP contribution >= 0.6 is 11.3 Å². The summed E-state index contributed by atoms with van der Waals surface area (Å²) in [5.74, 6) is 0. The lowest BCUT2D eigenvalue weighted by atomic mass is 10.1. The third kappa shape index (κ3) is 2.20. The lowest BCUT2D eigenvalue weighted by Gasteiger charge is -1.98. The molecule has 0 aliphatic heterocycles. The fourth-order valence-corrected chi connectivity index (χ4v) is 2.71. The van der Waals surface area contributed by atoms with E-state index in [0.717, 1.165) is 0 Å². The summed E-state index contributed by atoms with van der Waals surface area (Å²) in [4.78, 5) is 1.28. The number of para-hydroxylation sites is 1. The molecule has 3 rings (SSSR count). The Morgan fingerprint density at radius 3 is 2.78 bits per heavy atom. The molecule has 0 unspecified atom stereocenters. The smallest absolute Gasteiger partial charge is 0.200 e. The molecule has 0 bridgehead atoms. The van der Waals surface area contributed by atoms with Crippen molar-refractivity contribution >= 4 is 34.4 Å². The van der Waals surface area contributed by atoms with Gasteiger partial charge in [0.1, 0.15) is 7.05 Å². The molecule has 0 N–H and O–H groups in total. The van der Waals surface area contributed by atoms with Gasteiger partial charge < -0.3 is 0 Å². The van der Waals surface area contributed by atoms with Crippen molar-refractivity contribution in [2.75, 3.05) is 0 Å². The van der Waals surface area contributed by atoms with Crippen molar-refractivity contribution in [3.63, 3.8) is 0 Å². The average Bonchev–Trinajstić information content (AvgIpc) is 2.90. The van der Waals surface area contributed by atoms with Crippen LogP contribution in [0.1, 0.15) is 10.4 Å². The highest BCUT2D eigenvalue weighted by atomic mass is 32.1. The minimum absolute atomic E-state index is 1.23. The molecular formula is C16H14NS+. The molecule has 2 heterocycles. The van der Waals surface area contributed by atoms with E-state index < -0.39 is 0 Å². The van der Waals surface area contributed by atoms with Crippen LogP contribution in [-0.4, -0.2) is 0 Å². The van der Waals surface area contributed by atoms with E-state index in [-0.39, 0.29) is 0 Å². The lowest BCUT2D eigenvalue weighted by molar-refractivity contribution is -0.645. The molecule has 3 aromatic rings. The zero-order chi connectivity index (χ0) is 12.4. The van der Waals surface area contributed by atoms with Gasteiger partial charge >= 0.3 is 0 Å². The van der Waals surface area contributed by atoms with Crippen LogP contribution in [0.15, 0.2) is 54.0 Å². The Labute approximate surface area is 111 Å². The van der Waals surface area contributed by atoms with Crippen molar-refractivity contribution in [2.24, 2.45) is 7.05 Å². The maximum absolute atomic E-state index is 2.22. The number of aryl methyl sites for hydroxylation is 1. The second-order valence-electron chi connectivity index (χ2n) is 4.29. The quantitative estimate of drug-likeness (QED) is 0.609. The maximum Gasteiger partial charge on any atom is 0.212 e. The monoisotopic (exact) mass is 252 g/mol. The fraction of sp³-hybridized carbons (Fsp3) is 0.0625. The highest BCUT2D eigenvalue weighted by molar-refractivity contribution is 7.10. The van der Waals surface area contributed by atoms with Gasteiger partial charge in [0.25, 0.3) is 0 Å². The molecule has 2 heteroatoms. The molecule has 2 aromatic heterocycles. The Bertz CT molecular complexity index is 696. The predicted octanol–water partition coefficient (Wildman–Crippen LogP) is 3.90. The number of pyridine rings is 1. The molecule has 0 spiro atoms. The summed E-state index contributed by atoms with van der Waals surface area (Å²) >= 11 is 1.76. The van der Waals surface area contributed by atoms with E-state index in [1.54, 1.807) is 11.3 Å². The highest BCUT2D eigenvalue weighted by Crippen LogP contribution is 2.15. The van der Waals surface area contributed by atoms with Gasteiger partial charge in [0, 0.05) is 21.9 Å². The normalized spacial score (nSPS) is 11.4. The lowest BCUT2D eigenvalue weighted by Crippen LogP contribution is -2.28. The first-order chi connectivity index (χ1) is 8.83. The number of aromatic nitrogens is 1. The number of thiophene rings is 1. The average molecular weight is 252 g/mol. The summed E-state index contributed by atoms with van der Waals surface area (Å²) in [7, 11) is 2.09. The Morgan fingerprint density at radius 2 is 1.94 bits per heavy atom. The van der Waals surface area contributed by atoms with Crippen LogP contribution in [0.4, 0.5) is 0 Å². The SMILES string of the molecule is C[n+]1cc(/C=C/c2cccs2)cc2ccccc21. The molecule has 1 nitrogen and oxygen atoms in total. The van der Waals surface area contributed by atoms with E-state index in [4.69, 9.17) is 0 Å². The predicted molar refractivity (Wildman–Crippen MR) is 78.4 cm³/mol. The Morgan fingerprint density at radius 1 is 1.06 bits per heavy atom. The van der Waals surface area contributed by atoms with E-state index in [1.807, 2.05) is 0 Å². The minimum Gasteiger partial charge on any atom is -0.200 e. The number of benzene rings is 1. The first-order valence-electron chi connectivity index (χ1n) is 5.93. The molecule has 0 aliphatic carbocycles. The number of nitrogens with zero attached hydrogens (tertiary/aromatic N) is 1. The van der Waals surface area contributed by atoms with E-state index >= 15 is 0 Å². The fourth-order valence-electron chi connectivity index (χ4n) is 2.10. The van der Waals surface area contributed by atoms with Crippen molar-refractivity contribution < 1.29 is 4.57 Å². The van der Waals surface area contributed by atoms with Crippen LogP contribution in [0.2, 0.25) is 0 Å². The van der Waals surface area contributed by atoms with E-state index in [0.29, 0.717) is 0 Å². The molecule has 0 amide bonds. The van der Waals surface area contributed by atoms with Crippen molar-refractivity contribution in [1.29, 1.82) is 0 Å². The maximum atomic E-state index is 2.22. The standard InChI is InChI=1S/C16H14NS/c1-17-12-13(8-9-15-6-4-10-18-15)11-14-5-2-3-7-16(14)17/h2-12H,1H3/q+1/b9-8+. The summed E-state index contributed by atoms with van der Waals surface area (Å²) in [5, 5.41) is 3.37. The molecule has 0 atom stereocenters. The Balaban J connectivity index is 2.03. The van der Waals surface area contributed by atoms with Gasteiger partial charge in [-0.25, -0.2) is 4.57 Å². The number of fused-ring (bicyclic) bond motifs is 1. The molecule has 0 radical (unpaired) electrons. The Hall–Kier alpha value is -1.93. The highest BCUT2D eigenvalue weighted by Gasteiger charge is 2.04. The van der Waals surface area contributed by atoms with Crippen LogP contribution in [0.5, 0.6) is 0 Å². The number of hydrogen-bond acceptors (Lipinski definition) is 1. The van der Waals surface area contributed by atoms with E-state index in [9.17, 15) is 0 Å². The largest absolute Gasteiger partial charge is 0.212 e. The topological polar surface area (TPSA) is 3.88 Å². The third-order valence-corrected chi connectivity index (χ3v) is 3.80. The summed E-state index contributed by atoms with van der Waals surface area (Å²) in [6.07, 6.45) is 6.49. The summed E-state index contributed by atoms with van der Waals surface area (Å²) in [6, 6.07) is 14.9. The van der Waals surface area contributed by atoms with Gasteiger partial charge in [-0.3, -0.25) is 0 Å². The second kappa shape index (κ2) is 4.75. The summed E-state index contributed by atoms with van der Waals surface area (Å²) in [5.41, 5.74) is 2.48. The molecule has 0 aliphatic rings. The van der Waals surface area contributed by atoms with Crippen LogP contribution < -0.4 is 4.57 Å². The summed E-state index contributed by atoms with van der Waals surface area (Å²) in [6.45, 7) is 0. The molecule has 0 saturated carbocycles. The third-order valence-electron chi connectivity index (χ3n) is 2.96. The number of hydrogen-bond donors (Lipinski definition) is 0. The molecule has 0 saturated heterocycles. The van der Waals surface area contributed by atoms with Gasteiger partial charge in [-0.05, 0) is 35.7 Å². The van der Waals surface area contributed by atoms with Gasteiger partial charge in [0.2, 0.25) is 5.52 Å². The minimum atomic E-state index is 1.23. The van der Waals surface area contributed by atoms with Gasteiger partial charge in [-0.15, -0.1) is 11.3 Å². The molecule has 0 fully saturated rings. The first kappa shape index (κ1) is 11.2. The number of rotatable bonds is 2. The van der Waals surface area contributed by atoms with Gasteiger partial charge in [0.05, 0.1) is 0 Å². The second-order valence-corrected chi connectivity index (χ2v) is 5.27. The van der Waals surface area contributed by atoms with Gasteiger partial charge in [-0.1, -0.05) is 18.2 Å². The summed E-state index contributed by atoms with van der Waals surface area (Å²) < 4.78 is 2.17. The Kier molecular flexibility index (Phi) is 2.95. The van der Waals surface area contributed by atoms with Gasteiger partial charge in [-0.2, -0.15) is 0 Å². The van der Waals surface area contributed by atoms with Gasteiger partial charge in [0.15, 0.2) is 6.20 Å². The van der Waals surface area contributed by atoms with E-state index in [1.165, 1.54) is 21.3 Å². The molecular weight excluding hydrogens is 238 g/mol. The molecule has 18 heavy (non-hydrogen) atoms. The van der Waals surface area contributed by atoms with Crippen molar-refractivity contribution in [3.8, 4) is 0 Å².